The van der Waals surface area contributed by atoms with Crippen LogP contribution in [0.2, 0.25) is 0 Å². The normalized spacial score (nSPS) is 14.8. The van der Waals surface area contributed by atoms with Gasteiger partial charge in [0, 0.05) is 19.0 Å². The molecule has 1 atom stereocenters. The number of amides is 2. The Labute approximate surface area is 228 Å². The second kappa shape index (κ2) is 11.6. The fraction of sp³-hybridized carbons (Fsp3) is 0.222. The Morgan fingerprint density at radius 2 is 1.87 bits per heavy atom. The molecule has 3 heterocycles. The Bertz CT molecular complexity index is 1440. The molecule has 9 nitrogen and oxygen atoms in total. The first-order chi connectivity index (χ1) is 18.5. The molecular weight excluding hydrogens is 520 g/mol. The topological polar surface area (TPSA) is 102 Å². The molecule has 4 aromatic rings. The highest BCUT2D eigenvalue weighted by Crippen LogP contribution is 2.35. The summed E-state index contributed by atoms with van der Waals surface area (Å²) in [4.78, 5) is 26.8. The van der Waals surface area contributed by atoms with Crippen molar-refractivity contribution in [3.8, 4) is 5.75 Å². The second-order valence-corrected chi connectivity index (χ2v) is 10.4. The fourth-order valence-corrected chi connectivity index (χ4v) is 5.59. The van der Waals surface area contributed by atoms with Gasteiger partial charge in [-0.05, 0) is 41.3 Å². The highest BCUT2D eigenvalue weighted by atomic mass is 32.2. The number of hydrogen-bond donors (Lipinski definition) is 1. The van der Waals surface area contributed by atoms with Crippen LogP contribution in [0.4, 0.5) is 0 Å². The first-order valence-electron chi connectivity index (χ1n) is 11.9. The third-order valence-corrected chi connectivity index (χ3v) is 8.09. The van der Waals surface area contributed by atoms with Gasteiger partial charge in [0.2, 0.25) is 0 Å². The number of carbonyl (C=O) groups excluding carboxylic acids is 2. The zero-order valence-electron chi connectivity index (χ0n) is 20.9. The van der Waals surface area contributed by atoms with E-state index in [0.717, 1.165) is 21.9 Å². The molecule has 0 radical (unpaired) electrons. The van der Waals surface area contributed by atoms with Gasteiger partial charge in [-0.1, -0.05) is 48.2 Å². The average Bonchev–Trinajstić information content (AvgIpc) is 3.71. The number of aromatic nitrogens is 3. The number of hydrogen-bond acceptors (Lipinski definition) is 8. The van der Waals surface area contributed by atoms with Gasteiger partial charge in [0.15, 0.2) is 11.0 Å². The molecule has 2 amide bonds. The molecule has 1 N–H and O–H groups in total. The van der Waals surface area contributed by atoms with Crippen LogP contribution in [0.3, 0.4) is 0 Å². The summed E-state index contributed by atoms with van der Waals surface area (Å²) in [5.74, 6) is 1.20. The van der Waals surface area contributed by atoms with Gasteiger partial charge < -0.3 is 14.6 Å². The minimum absolute atomic E-state index is 0.121. The molecule has 2 aromatic carbocycles. The molecule has 0 saturated heterocycles. The summed E-state index contributed by atoms with van der Waals surface area (Å²) < 4.78 is 7.08. The van der Waals surface area contributed by atoms with Gasteiger partial charge in [-0.15, -0.1) is 21.5 Å². The van der Waals surface area contributed by atoms with Gasteiger partial charge in [-0.2, -0.15) is 5.10 Å². The van der Waals surface area contributed by atoms with Crippen molar-refractivity contribution in [3.05, 3.63) is 93.9 Å². The number of methoxy groups -OCH3 is 1. The quantitative estimate of drug-likeness (QED) is 0.315. The Hall–Kier alpha value is -3.96. The van der Waals surface area contributed by atoms with Crippen molar-refractivity contribution in [1.82, 2.24) is 25.1 Å². The largest absolute Gasteiger partial charge is 0.497 e. The van der Waals surface area contributed by atoms with Crippen molar-refractivity contribution in [2.24, 2.45) is 12.1 Å². The number of hydrazone groups is 1. The fourth-order valence-electron chi connectivity index (χ4n) is 4.09. The minimum Gasteiger partial charge on any atom is -0.497 e. The van der Waals surface area contributed by atoms with Crippen molar-refractivity contribution in [3.63, 3.8) is 0 Å². The summed E-state index contributed by atoms with van der Waals surface area (Å²) in [7, 11) is 3.45. The summed E-state index contributed by atoms with van der Waals surface area (Å²) in [6.45, 7) is 0.228. The van der Waals surface area contributed by atoms with Crippen LogP contribution in [0.25, 0.3) is 0 Å². The van der Waals surface area contributed by atoms with Crippen LogP contribution in [0.5, 0.6) is 5.75 Å². The SMILES string of the molecule is COc1ccc([C@H]2CC(c3cccs3)=NN2C(=O)CSc2nnc(CNC(=O)c3ccccc3)n2C)cc1. The number of nitrogens with zero attached hydrogens (tertiary/aromatic N) is 5. The molecule has 0 fully saturated rings. The molecule has 0 bridgehead atoms. The zero-order valence-corrected chi connectivity index (χ0v) is 22.5. The summed E-state index contributed by atoms with van der Waals surface area (Å²) in [6, 6.07) is 20.5. The summed E-state index contributed by atoms with van der Waals surface area (Å²) >= 11 is 2.91. The third kappa shape index (κ3) is 5.63. The van der Waals surface area contributed by atoms with Crippen molar-refractivity contribution in [1.29, 1.82) is 0 Å². The van der Waals surface area contributed by atoms with Crippen molar-refractivity contribution in [2.45, 2.75) is 24.2 Å². The lowest BCUT2D eigenvalue weighted by molar-refractivity contribution is -0.130. The van der Waals surface area contributed by atoms with Gasteiger partial charge in [-0.3, -0.25) is 9.59 Å². The number of benzene rings is 2. The van der Waals surface area contributed by atoms with Crippen LogP contribution < -0.4 is 10.1 Å². The van der Waals surface area contributed by atoms with E-state index < -0.39 is 0 Å². The van der Waals surface area contributed by atoms with Gasteiger partial charge >= 0.3 is 0 Å². The van der Waals surface area contributed by atoms with E-state index >= 15 is 0 Å². The second-order valence-electron chi connectivity index (χ2n) is 8.55. The molecule has 0 spiro atoms. The number of thioether (sulfide) groups is 1. The number of rotatable bonds is 9. The van der Waals surface area contributed by atoms with E-state index in [2.05, 4.69) is 15.5 Å². The first kappa shape index (κ1) is 25.7. The molecule has 1 aliphatic rings. The summed E-state index contributed by atoms with van der Waals surface area (Å²) in [5, 5.41) is 20.2. The lowest BCUT2D eigenvalue weighted by Gasteiger charge is -2.22. The molecule has 1 aliphatic heterocycles. The highest BCUT2D eigenvalue weighted by molar-refractivity contribution is 7.99. The lowest BCUT2D eigenvalue weighted by Crippen LogP contribution is -2.28. The van der Waals surface area contributed by atoms with Gasteiger partial charge in [0.25, 0.3) is 11.8 Å². The van der Waals surface area contributed by atoms with E-state index in [-0.39, 0.29) is 30.2 Å². The molecule has 11 heteroatoms. The van der Waals surface area contributed by atoms with Crippen LogP contribution in [-0.2, 0) is 18.4 Å². The number of thiophene rings is 1. The highest BCUT2D eigenvalue weighted by Gasteiger charge is 2.33. The van der Waals surface area contributed by atoms with Crippen LogP contribution in [0.15, 0.2) is 82.4 Å². The van der Waals surface area contributed by atoms with E-state index in [9.17, 15) is 9.59 Å². The molecule has 0 saturated carbocycles. The standard InChI is InChI=1S/C27H26N6O3S2/c1-32-24(16-28-26(35)19-7-4-3-5-8-19)29-30-27(32)38-17-25(34)33-22(18-10-12-20(36-2)13-11-18)15-21(31-33)23-9-6-14-37-23/h3-14,22H,15-17H2,1-2H3,(H,28,35)/t22-/m1/s1. The molecule has 5 rings (SSSR count). The third-order valence-electron chi connectivity index (χ3n) is 6.16. The summed E-state index contributed by atoms with van der Waals surface area (Å²) in [5.41, 5.74) is 2.47. The maximum atomic E-state index is 13.4. The number of nitrogens with one attached hydrogen (secondary N) is 1. The minimum atomic E-state index is -0.200. The number of carbonyl (C=O) groups is 2. The van der Waals surface area contributed by atoms with Crippen molar-refractivity contribution in [2.75, 3.05) is 12.9 Å². The smallest absolute Gasteiger partial charge is 0.253 e. The molecule has 194 valence electrons. The first-order valence-corrected chi connectivity index (χ1v) is 13.8. The monoisotopic (exact) mass is 546 g/mol. The number of ether oxygens (including phenoxy) is 1. The molecule has 2 aromatic heterocycles. The van der Waals surface area contributed by atoms with E-state index in [1.54, 1.807) is 40.2 Å². The van der Waals surface area contributed by atoms with Crippen LogP contribution in [0, 0.1) is 0 Å². The zero-order chi connectivity index (χ0) is 26.5. The van der Waals surface area contributed by atoms with E-state index in [1.165, 1.54) is 11.8 Å². The van der Waals surface area contributed by atoms with Crippen molar-refractivity contribution < 1.29 is 14.3 Å². The molecule has 0 aliphatic carbocycles. The van der Waals surface area contributed by atoms with Gasteiger partial charge in [0.05, 0.1) is 36.0 Å². The van der Waals surface area contributed by atoms with E-state index in [4.69, 9.17) is 9.84 Å². The van der Waals surface area contributed by atoms with Gasteiger partial charge in [-0.25, -0.2) is 5.01 Å². The maximum Gasteiger partial charge on any atom is 0.253 e. The molecule has 38 heavy (non-hydrogen) atoms. The Kier molecular flexibility index (Phi) is 7.85. The van der Waals surface area contributed by atoms with Crippen LogP contribution in [0.1, 0.15) is 39.1 Å². The van der Waals surface area contributed by atoms with Crippen LogP contribution in [-0.4, -0.2) is 50.2 Å². The van der Waals surface area contributed by atoms with E-state index in [1.807, 2.05) is 67.0 Å². The predicted octanol–water partition coefficient (Wildman–Crippen LogP) is 4.29. The van der Waals surface area contributed by atoms with Crippen LogP contribution >= 0.6 is 23.1 Å². The average molecular weight is 547 g/mol. The summed E-state index contributed by atoms with van der Waals surface area (Å²) in [6.07, 6.45) is 0.637. The molecule has 0 unspecified atom stereocenters. The van der Waals surface area contributed by atoms with Gasteiger partial charge in [0.1, 0.15) is 5.75 Å². The Morgan fingerprint density at radius 3 is 2.58 bits per heavy atom. The Balaban J connectivity index is 1.25. The lowest BCUT2D eigenvalue weighted by atomic mass is 10.0. The maximum absolute atomic E-state index is 13.4. The van der Waals surface area contributed by atoms with E-state index in [0.29, 0.717) is 23.0 Å². The predicted molar refractivity (Wildman–Crippen MR) is 147 cm³/mol. The molecular formula is C27H26N6O3S2. The Morgan fingerprint density at radius 1 is 1.08 bits per heavy atom. The van der Waals surface area contributed by atoms with Crippen molar-refractivity contribution >= 4 is 40.6 Å².